The first-order valence-electron chi connectivity index (χ1n) is 10.6. The highest BCUT2D eigenvalue weighted by Gasteiger charge is 2.19. The third-order valence-corrected chi connectivity index (χ3v) is 7.60. The van der Waals surface area contributed by atoms with Crippen molar-refractivity contribution in [2.24, 2.45) is 0 Å². The zero-order valence-corrected chi connectivity index (χ0v) is 20.7. The van der Waals surface area contributed by atoms with E-state index in [9.17, 15) is 4.79 Å². The topological polar surface area (TPSA) is 44.1 Å². The summed E-state index contributed by atoms with van der Waals surface area (Å²) in [6.07, 6.45) is 2.00. The molecule has 2 aromatic heterocycles. The van der Waals surface area contributed by atoms with Crippen LogP contribution < -0.4 is 10.3 Å². The van der Waals surface area contributed by atoms with Crippen LogP contribution in [0, 0.1) is 13.8 Å². The first-order chi connectivity index (χ1) is 15.5. The molecule has 0 aliphatic heterocycles. The van der Waals surface area contributed by atoms with Crippen molar-refractivity contribution < 1.29 is 4.74 Å². The Morgan fingerprint density at radius 2 is 1.81 bits per heavy atom. The number of aromatic nitrogens is 2. The van der Waals surface area contributed by atoms with Gasteiger partial charge in [-0.2, -0.15) is 0 Å². The highest BCUT2D eigenvalue weighted by atomic mass is 35.5. The van der Waals surface area contributed by atoms with E-state index < -0.39 is 0 Å². The van der Waals surface area contributed by atoms with Gasteiger partial charge in [0, 0.05) is 15.7 Å². The first-order valence-corrected chi connectivity index (χ1v) is 12.8. The molecular formula is C25H25ClN2O2S2. The maximum Gasteiger partial charge on any atom is 0.267 e. The van der Waals surface area contributed by atoms with E-state index in [1.165, 1.54) is 22.2 Å². The average molecular weight is 485 g/mol. The molecule has 0 bridgehead atoms. The molecule has 0 saturated heterocycles. The van der Waals surface area contributed by atoms with Crippen molar-refractivity contribution in [3.63, 3.8) is 0 Å². The lowest BCUT2D eigenvalue weighted by Gasteiger charge is -2.13. The normalized spacial score (nSPS) is 11.2. The molecule has 0 aliphatic carbocycles. The number of halogens is 1. The van der Waals surface area contributed by atoms with Gasteiger partial charge >= 0.3 is 0 Å². The summed E-state index contributed by atoms with van der Waals surface area (Å²) in [5.74, 6) is 1.51. The molecule has 0 fully saturated rings. The van der Waals surface area contributed by atoms with Gasteiger partial charge in [0.1, 0.15) is 10.6 Å². The number of hydrogen-bond acceptors (Lipinski definition) is 5. The lowest BCUT2D eigenvalue weighted by atomic mass is 10.1. The minimum Gasteiger partial charge on any atom is -0.493 e. The maximum absolute atomic E-state index is 13.6. The monoisotopic (exact) mass is 484 g/mol. The molecule has 32 heavy (non-hydrogen) atoms. The van der Waals surface area contributed by atoms with Crippen LogP contribution >= 0.6 is 34.7 Å². The van der Waals surface area contributed by atoms with Crippen molar-refractivity contribution in [3.8, 4) is 11.4 Å². The number of rotatable bonds is 8. The Labute approximate surface area is 201 Å². The molecule has 4 rings (SSSR count). The molecule has 7 heteroatoms. The van der Waals surface area contributed by atoms with E-state index in [1.54, 1.807) is 28.0 Å². The third kappa shape index (κ3) is 4.87. The summed E-state index contributed by atoms with van der Waals surface area (Å²) in [4.78, 5) is 20.6. The molecule has 0 atom stereocenters. The van der Waals surface area contributed by atoms with Crippen molar-refractivity contribution in [1.29, 1.82) is 0 Å². The van der Waals surface area contributed by atoms with E-state index in [4.69, 9.17) is 21.3 Å². The Balaban J connectivity index is 1.67. The van der Waals surface area contributed by atoms with Crippen LogP contribution in [0.2, 0.25) is 5.02 Å². The number of benzene rings is 2. The van der Waals surface area contributed by atoms with Crippen molar-refractivity contribution in [3.05, 3.63) is 79.9 Å². The van der Waals surface area contributed by atoms with Crippen LogP contribution in [0.1, 0.15) is 29.3 Å². The molecule has 0 aliphatic rings. The molecule has 0 amide bonds. The van der Waals surface area contributed by atoms with Gasteiger partial charge in [-0.1, -0.05) is 54.4 Å². The van der Waals surface area contributed by atoms with Crippen molar-refractivity contribution in [2.75, 3.05) is 12.4 Å². The summed E-state index contributed by atoms with van der Waals surface area (Å²) < 4.78 is 7.57. The highest BCUT2D eigenvalue weighted by Crippen LogP contribution is 2.31. The lowest BCUT2D eigenvalue weighted by molar-refractivity contribution is 0.344. The van der Waals surface area contributed by atoms with Crippen LogP contribution in [0.25, 0.3) is 15.9 Å². The number of aryl methyl sites for hydroxylation is 3. The fraction of sp³-hybridized carbons (Fsp3) is 0.280. The summed E-state index contributed by atoms with van der Waals surface area (Å²) in [7, 11) is 0. The summed E-state index contributed by atoms with van der Waals surface area (Å²) in [5.41, 5.74) is 2.98. The molecule has 166 valence electrons. The van der Waals surface area contributed by atoms with Gasteiger partial charge in [0.15, 0.2) is 5.16 Å². The minimum atomic E-state index is -0.0321. The average Bonchev–Trinajstić information content (AvgIpc) is 3.09. The zero-order valence-electron chi connectivity index (χ0n) is 18.4. The maximum atomic E-state index is 13.6. The predicted octanol–water partition coefficient (Wildman–Crippen LogP) is 6.84. The fourth-order valence-electron chi connectivity index (χ4n) is 3.52. The van der Waals surface area contributed by atoms with Gasteiger partial charge in [-0.05, 0) is 62.2 Å². The smallest absolute Gasteiger partial charge is 0.267 e. The number of hydrogen-bond donors (Lipinski definition) is 0. The predicted molar refractivity (Wildman–Crippen MR) is 136 cm³/mol. The van der Waals surface area contributed by atoms with Crippen molar-refractivity contribution >= 4 is 44.9 Å². The largest absolute Gasteiger partial charge is 0.493 e. The van der Waals surface area contributed by atoms with Crippen LogP contribution in [0.4, 0.5) is 0 Å². The lowest BCUT2D eigenvalue weighted by Crippen LogP contribution is -2.22. The van der Waals surface area contributed by atoms with Crippen molar-refractivity contribution in [2.45, 2.75) is 38.8 Å². The number of fused-ring (bicyclic) bond motifs is 1. The molecular weight excluding hydrogens is 460 g/mol. The Hall–Kier alpha value is -2.28. The second-order valence-corrected chi connectivity index (χ2v) is 10.2. The van der Waals surface area contributed by atoms with E-state index in [2.05, 4.69) is 13.8 Å². The van der Waals surface area contributed by atoms with Gasteiger partial charge < -0.3 is 4.74 Å². The molecule has 0 radical (unpaired) electrons. The van der Waals surface area contributed by atoms with Crippen LogP contribution in [0.3, 0.4) is 0 Å². The Kier molecular flexibility index (Phi) is 7.23. The molecule has 4 aromatic rings. The van der Waals surface area contributed by atoms with E-state index in [0.717, 1.165) is 34.7 Å². The summed E-state index contributed by atoms with van der Waals surface area (Å²) in [6, 6.07) is 15.3. The highest BCUT2D eigenvalue weighted by molar-refractivity contribution is 7.99. The molecule has 4 nitrogen and oxygen atoms in total. The van der Waals surface area contributed by atoms with Crippen LogP contribution in [-0.2, 0) is 6.42 Å². The molecule has 0 unspecified atom stereocenters. The zero-order chi connectivity index (χ0) is 22.7. The van der Waals surface area contributed by atoms with Gasteiger partial charge in [-0.3, -0.25) is 9.36 Å². The van der Waals surface area contributed by atoms with E-state index >= 15 is 0 Å². The van der Waals surface area contributed by atoms with Gasteiger partial charge in [0.25, 0.3) is 5.56 Å². The van der Waals surface area contributed by atoms with Crippen LogP contribution in [0.15, 0.2) is 58.5 Å². The molecule has 2 aromatic carbocycles. The number of ether oxygens (including phenoxy) is 1. The number of nitrogens with zero attached hydrogens (tertiary/aromatic N) is 2. The van der Waals surface area contributed by atoms with E-state index in [1.807, 2.05) is 43.3 Å². The molecule has 0 saturated carbocycles. The van der Waals surface area contributed by atoms with E-state index in [-0.39, 0.29) is 5.56 Å². The van der Waals surface area contributed by atoms with Gasteiger partial charge in [-0.25, -0.2) is 4.98 Å². The van der Waals surface area contributed by atoms with Gasteiger partial charge in [0.2, 0.25) is 0 Å². The Morgan fingerprint density at radius 1 is 1.09 bits per heavy atom. The molecule has 0 spiro atoms. The second-order valence-electron chi connectivity index (χ2n) is 7.60. The summed E-state index contributed by atoms with van der Waals surface area (Å²) in [5, 5.41) is 2.02. The molecule has 2 heterocycles. The Morgan fingerprint density at radius 3 is 2.50 bits per heavy atom. The minimum absolute atomic E-state index is 0.0321. The van der Waals surface area contributed by atoms with Gasteiger partial charge in [-0.15, -0.1) is 11.3 Å². The van der Waals surface area contributed by atoms with E-state index in [0.29, 0.717) is 27.9 Å². The van der Waals surface area contributed by atoms with Crippen LogP contribution in [0.5, 0.6) is 5.75 Å². The Bertz CT molecular complexity index is 1280. The van der Waals surface area contributed by atoms with Crippen molar-refractivity contribution in [1.82, 2.24) is 9.55 Å². The molecule has 0 N–H and O–H groups in total. The fourth-order valence-corrected chi connectivity index (χ4v) is 5.79. The number of thiophene rings is 1. The third-order valence-electron chi connectivity index (χ3n) is 5.20. The second kappa shape index (κ2) is 10.1. The first kappa shape index (κ1) is 22.9. The summed E-state index contributed by atoms with van der Waals surface area (Å²) in [6.45, 7) is 6.75. The SMILES string of the molecule is CCCc1sc2nc(SCCOc3ccc(C)cc3)n(-c3ccc(Cl)cc3)c(=O)c2c1C. The van der Waals surface area contributed by atoms with Crippen LogP contribution in [-0.4, -0.2) is 21.9 Å². The number of thioether (sulfide) groups is 1. The standard InChI is InChI=1S/C25H25ClN2O2S2/c1-4-5-21-17(3)22-23(32-21)27-25(28(24(22)29)19-10-8-18(26)9-11-19)31-15-14-30-20-12-6-16(2)7-13-20/h6-13H,4-5,14-15H2,1-3H3. The van der Waals surface area contributed by atoms with Gasteiger partial charge in [0.05, 0.1) is 17.7 Å². The summed E-state index contributed by atoms with van der Waals surface area (Å²) >= 11 is 9.24. The quantitative estimate of drug-likeness (QED) is 0.156.